The number of amides is 2. The van der Waals surface area contributed by atoms with E-state index in [0.29, 0.717) is 38.7 Å². The minimum Gasteiger partial charge on any atom is -0.449 e. The van der Waals surface area contributed by atoms with Gasteiger partial charge in [0.2, 0.25) is 5.91 Å². The number of hydrogen-bond acceptors (Lipinski definition) is 4. The van der Waals surface area contributed by atoms with Gasteiger partial charge in [0.25, 0.3) is 0 Å². The van der Waals surface area contributed by atoms with Crippen molar-refractivity contribution < 1.29 is 14.3 Å². The molecule has 1 aromatic rings. The van der Waals surface area contributed by atoms with Crippen molar-refractivity contribution in [2.24, 2.45) is 5.92 Å². The maximum absolute atomic E-state index is 12.4. The van der Waals surface area contributed by atoms with Crippen molar-refractivity contribution in [1.82, 2.24) is 9.80 Å². The van der Waals surface area contributed by atoms with Crippen molar-refractivity contribution in [1.29, 1.82) is 0 Å². The van der Waals surface area contributed by atoms with Crippen LogP contribution in [0.5, 0.6) is 0 Å². The van der Waals surface area contributed by atoms with E-state index in [-0.39, 0.29) is 12.0 Å². The highest BCUT2D eigenvalue weighted by Crippen LogP contribution is 2.14. The number of unbranched alkanes of at least 4 members (excludes halogenated alkanes) is 1. The first-order valence-corrected chi connectivity index (χ1v) is 10.6. The highest BCUT2D eigenvalue weighted by molar-refractivity contribution is 5.92. The average Bonchev–Trinajstić information content (AvgIpc) is 2.94. The summed E-state index contributed by atoms with van der Waals surface area (Å²) < 4.78 is 5.57. The Morgan fingerprint density at radius 2 is 1.89 bits per heavy atom. The summed E-state index contributed by atoms with van der Waals surface area (Å²) in [7, 11) is 0. The molecule has 2 amide bonds. The third-order valence-electron chi connectivity index (χ3n) is 5.26. The number of carbonyl (C=O) groups excluding carboxylic acids is 2. The summed E-state index contributed by atoms with van der Waals surface area (Å²) in [6, 6.07) is 9.47. The van der Waals surface area contributed by atoms with E-state index in [1.54, 1.807) is 4.90 Å². The number of benzene rings is 1. The Balaban J connectivity index is 1.72. The second kappa shape index (κ2) is 12.4. The molecule has 1 unspecified atom stereocenters. The molecule has 1 atom stereocenters. The quantitative estimate of drug-likeness (QED) is 0.694. The van der Waals surface area contributed by atoms with Gasteiger partial charge in [-0.2, -0.15) is 0 Å². The van der Waals surface area contributed by atoms with Crippen LogP contribution in [-0.2, 0) is 9.53 Å². The van der Waals surface area contributed by atoms with E-state index in [1.165, 1.54) is 12.8 Å². The molecule has 1 aliphatic heterocycles. The lowest BCUT2D eigenvalue weighted by molar-refractivity contribution is -0.117. The molecule has 1 aliphatic rings. The van der Waals surface area contributed by atoms with Gasteiger partial charge in [0, 0.05) is 31.9 Å². The van der Waals surface area contributed by atoms with E-state index in [4.69, 9.17) is 4.74 Å². The Bertz CT molecular complexity index is 594. The van der Waals surface area contributed by atoms with E-state index in [1.807, 2.05) is 30.3 Å². The van der Waals surface area contributed by atoms with Gasteiger partial charge in [-0.25, -0.2) is 4.79 Å². The molecule has 0 spiro atoms. The van der Waals surface area contributed by atoms with Gasteiger partial charge >= 0.3 is 6.09 Å². The summed E-state index contributed by atoms with van der Waals surface area (Å²) in [5, 5.41) is 2.91. The second-order valence-electron chi connectivity index (χ2n) is 7.52. The highest BCUT2D eigenvalue weighted by Gasteiger charge is 2.22. The molecule has 28 heavy (non-hydrogen) atoms. The van der Waals surface area contributed by atoms with E-state index in [9.17, 15) is 9.59 Å². The standard InChI is InChI=1S/C22H35N3O3/c1-3-5-10-19(4-2)18-28-22(27)25-14-9-13-24(15-16-25)17-21(26)23-20-11-7-6-8-12-20/h6-8,11-12,19H,3-5,9-10,13-18H2,1-2H3,(H,23,26). The van der Waals surface area contributed by atoms with E-state index in [0.717, 1.165) is 31.5 Å². The summed E-state index contributed by atoms with van der Waals surface area (Å²) >= 11 is 0. The Labute approximate surface area is 169 Å². The number of rotatable bonds is 9. The van der Waals surface area contributed by atoms with Crippen LogP contribution in [0.1, 0.15) is 46.0 Å². The number of nitrogens with zero attached hydrogens (tertiary/aromatic N) is 2. The molecule has 0 bridgehead atoms. The molecule has 6 heteroatoms. The fourth-order valence-electron chi connectivity index (χ4n) is 3.42. The first kappa shape index (κ1) is 22.2. The molecule has 1 fully saturated rings. The number of hydrogen-bond donors (Lipinski definition) is 1. The largest absolute Gasteiger partial charge is 0.449 e. The third-order valence-corrected chi connectivity index (χ3v) is 5.26. The van der Waals surface area contributed by atoms with Gasteiger partial charge in [0.15, 0.2) is 0 Å². The lowest BCUT2D eigenvalue weighted by Crippen LogP contribution is -2.38. The van der Waals surface area contributed by atoms with Gasteiger partial charge in [-0.3, -0.25) is 9.69 Å². The van der Waals surface area contributed by atoms with Gasteiger partial charge < -0.3 is 15.0 Å². The lowest BCUT2D eigenvalue weighted by Gasteiger charge is -2.22. The fourth-order valence-corrected chi connectivity index (χ4v) is 3.42. The summed E-state index contributed by atoms with van der Waals surface area (Å²) in [6.07, 6.45) is 5.14. The molecular formula is C22H35N3O3. The van der Waals surface area contributed by atoms with Gasteiger partial charge in [0.1, 0.15) is 0 Å². The third kappa shape index (κ3) is 7.89. The smallest absolute Gasteiger partial charge is 0.409 e. The summed E-state index contributed by atoms with van der Waals surface area (Å²) in [5.41, 5.74) is 0.807. The number of carbonyl (C=O) groups is 2. The average molecular weight is 390 g/mol. The number of anilines is 1. The molecular weight excluding hydrogens is 354 g/mol. The van der Waals surface area contributed by atoms with Crippen molar-refractivity contribution in [2.75, 3.05) is 44.6 Å². The first-order chi connectivity index (χ1) is 13.6. The Morgan fingerprint density at radius 3 is 2.61 bits per heavy atom. The summed E-state index contributed by atoms with van der Waals surface area (Å²) in [5.74, 6) is 0.429. The zero-order chi connectivity index (χ0) is 20.2. The van der Waals surface area contributed by atoms with Crippen molar-refractivity contribution in [2.45, 2.75) is 46.0 Å². The molecule has 1 heterocycles. The van der Waals surface area contributed by atoms with Crippen LogP contribution in [0.2, 0.25) is 0 Å². The maximum atomic E-state index is 12.4. The van der Waals surface area contributed by atoms with Crippen LogP contribution in [0.25, 0.3) is 0 Å². The van der Waals surface area contributed by atoms with E-state index < -0.39 is 0 Å². The van der Waals surface area contributed by atoms with Gasteiger partial charge in [-0.15, -0.1) is 0 Å². The van der Waals surface area contributed by atoms with Gasteiger partial charge in [-0.1, -0.05) is 51.3 Å². The van der Waals surface area contributed by atoms with E-state index >= 15 is 0 Å². The number of ether oxygens (including phenoxy) is 1. The van der Waals surface area contributed by atoms with Crippen molar-refractivity contribution >= 4 is 17.7 Å². The fraction of sp³-hybridized carbons (Fsp3) is 0.636. The van der Waals surface area contributed by atoms with Gasteiger partial charge in [-0.05, 0) is 30.9 Å². The molecule has 0 saturated carbocycles. The van der Waals surface area contributed by atoms with Crippen LogP contribution in [-0.4, -0.2) is 61.1 Å². The van der Waals surface area contributed by atoms with Crippen LogP contribution < -0.4 is 5.32 Å². The SMILES string of the molecule is CCCCC(CC)COC(=O)N1CCCN(CC(=O)Nc2ccccc2)CC1. The molecule has 0 radical (unpaired) electrons. The maximum Gasteiger partial charge on any atom is 0.409 e. The molecule has 2 rings (SSSR count). The topological polar surface area (TPSA) is 61.9 Å². The number of para-hydroxylation sites is 1. The molecule has 1 saturated heterocycles. The van der Waals surface area contributed by atoms with Crippen LogP contribution in [0.4, 0.5) is 10.5 Å². The Kier molecular flexibility index (Phi) is 9.83. The minimum absolute atomic E-state index is 0.0241. The van der Waals surface area contributed by atoms with Crippen molar-refractivity contribution in [3.63, 3.8) is 0 Å². The van der Waals surface area contributed by atoms with Crippen LogP contribution in [0.15, 0.2) is 30.3 Å². The normalized spacial score (nSPS) is 16.3. The predicted molar refractivity (Wildman–Crippen MR) is 112 cm³/mol. The zero-order valence-electron chi connectivity index (χ0n) is 17.4. The monoisotopic (exact) mass is 389 g/mol. The first-order valence-electron chi connectivity index (χ1n) is 10.6. The summed E-state index contributed by atoms with van der Waals surface area (Å²) in [4.78, 5) is 28.5. The minimum atomic E-state index is -0.217. The van der Waals surface area contributed by atoms with Crippen molar-refractivity contribution in [3.8, 4) is 0 Å². The Hall–Kier alpha value is -2.08. The van der Waals surface area contributed by atoms with Gasteiger partial charge in [0.05, 0.1) is 13.2 Å². The van der Waals surface area contributed by atoms with Crippen molar-refractivity contribution in [3.05, 3.63) is 30.3 Å². The second-order valence-corrected chi connectivity index (χ2v) is 7.52. The van der Waals surface area contributed by atoms with Crippen LogP contribution in [0, 0.1) is 5.92 Å². The molecule has 156 valence electrons. The van der Waals surface area contributed by atoms with E-state index in [2.05, 4.69) is 24.1 Å². The number of nitrogens with one attached hydrogen (secondary N) is 1. The molecule has 0 aliphatic carbocycles. The molecule has 1 aromatic carbocycles. The summed E-state index contributed by atoms with van der Waals surface area (Å²) in [6.45, 7) is 7.96. The zero-order valence-corrected chi connectivity index (χ0v) is 17.4. The van der Waals surface area contributed by atoms with Crippen LogP contribution >= 0.6 is 0 Å². The lowest BCUT2D eigenvalue weighted by atomic mass is 10.0. The predicted octanol–water partition coefficient (Wildman–Crippen LogP) is 3.99. The highest BCUT2D eigenvalue weighted by atomic mass is 16.6. The Morgan fingerprint density at radius 1 is 1.11 bits per heavy atom. The molecule has 6 nitrogen and oxygen atoms in total. The molecule has 1 N–H and O–H groups in total. The van der Waals surface area contributed by atoms with Crippen LogP contribution in [0.3, 0.4) is 0 Å². The molecule has 0 aromatic heterocycles.